The number of nitrogens with one attached hydrogen (secondary N) is 1. The van der Waals surface area contributed by atoms with Gasteiger partial charge in [0.2, 0.25) is 0 Å². The van der Waals surface area contributed by atoms with Crippen LogP contribution in [0.25, 0.3) is 6.08 Å². The van der Waals surface area contributed by atoms with Crippen molar-refractivity contribution in [2.75, 3.05) is 26.1 Å². The Morgan fingerprint density at radius 2 is 1.81 bits per heavy atom. The third kappa shape index (κ3) is 6.24. The number of halogens is 2. The van der Waals surface area contributed by atoms with Gasteiger partial charge in [0.25, 0.3) is 11.5 Å². The Hall–Kier alpha value is -3.93. The molecule has 0 bridgehead atoms. The molecule has 2 heterocycles. The van der Waals surface area contributed by atoms with E-state index in [9.17, 15) is 9.59 Å². The van der Waals surface area contributed by atoms with Gasteiger partial charge in [0.1, 0.15) is 29.9 Å². The van der Waals surface area contributed by atoms with E-state index in [4.69, 9.17) is 19.2 Å². The summed E-state index contributed by atoms with van der Waals surface area (Å²) >= 11 is 8.37. The maximum atomic E-state index is 14.1. The summed E-state index contributed by atoms with van der Waals surface area (Å²) in [6, 6.07) is 17.4. The molecule has 1 aromatic heterocycles. The molecule has 0 radical (unpaired) electrons. The van der Waals surface area contributed by atoms with Crippen LogP contribution in [0.1, 0.15) is 24.1 Å². The van der Waals surface area contributed by atoms with E-state index in [1.54, 1.807) is 62.1 Å². The van der Waals surface area contributed by atoms with Gasteiger partial charge in [0.05, 0.1) is 39.0 Å². The number of hydrogen-bond donors (Lipinski definition) is 1. The van der Waals surface area contributed by atoms with Gasteiger partial charge in [-0.1, -0.05) is 42.2 Å². The fourth-order valence-electron chi connectivity index (χ4n) is 4.76. The molecule has 1 aliphatic rings. The Morgan fingerprint density at radius 1 is 1.09 bits per heavy atom. The SMILES string of the molecule is C=CCOc1c(Br)cc(/C=c2\sc3n(c2=O)[C@H](c2ccc(OC)cc2OC)C(C(=O)Nc2ccccc2)=C(C)N=3)cc1Br. The van der Waals surface area contributed by atoms with E-state index in [0.29, 0.717) is 55.7 Å². The van der Waals surface area contributed by atoms with Crippen LogP contribution < -0.4 is 34.4 Å². The molecule has 0 saturated carbocycles. The number of aromatic nitrogens is 1. The van der Waals surface area contributed by atoms with E-state index < -0.39 is 6.04 Å². The smallest absolute Gasteiger partial charge is 0.271 e. The lowest BCUT2D eigenvalue weighted by Crippen LogP contribution is -2.40. The molecule has 1 atom stereocenters. The van der Waals surface area contributed by atoms with Gasteiger partial charge in [-0.25, -0.2) is 4.99 Å². The second kappa shape index (κ2) is 13.2. The summed E-state index contributed by atoms with van der Waals surface area (Å²) < 4.78 is 20.3. The van der Waals surface area contributed by atoms with Crippen molar-refractivity contribution in [3.63, 3.8) is 0 Å². The molecule has 43 heavy (non-hydrogen) atoms. The zero-order valence-electron chi connectivity index (χ0n) is 23.5. The number of fused-ring (bicyclic) bond motifs is 1. The number of amides is 1. The minimum Gasteiger partial charge on any atom is -0.497 e. The highest BCUT2D eigenvalue weighted by Gasteiger charge is 2.34. The number of methoxy groups -OCH3 is 2. The topological polar surface area (TPSA) is 91.1 Å². The van der Waals surface area contributed by atoms with Gasteiger partial charge in [-0.2, -0.15) is 0 Å². The minimum atomic E-state index is -0.809. The third-order valence-corrected chi connectivity index (χ3v) is 8.86. The van der Waals surface area contributed by atoms with E-state index in [1.807, 2.05) is 36.4 Å². The van der Waals surface area contributed by atoms with Crippen molar-refractivity contribution in [2.24, 2.45) is 4.99 Å². The van der Waals surface area contributed by atoms with E-state index in [2.05, 4.69) is 43.8 Å². The van der Waals surface area contributed by atoms with Crippen molar-refractivity contribution in [2.45, 2.75) is 13.0 Å². The summed E-state index contributed by atoms with van der Waals surface area (Å²) in [4.78, 5) is 33.2. The number of nitrogens with zero attached hydrogens (tertiary/aromatic N) is 2. The second-order valence-electron chi connectivity index (χ2n) is 9.42. The molecule has 1 N–H and O–H groups in total. The summed E-state index contributed by atoms with van der Waals surface area (Å²) in [5, 5.41) is 2.96. The molecule has 11 heteroatoms. The lowest BCUT2D eigenvalue weighted by atomic mass is 9.94. The molecular weight excluding hydrogens is 698 g/mol. The van der Waals surface area contributed by atoms with Crippen LogP contribution >= 0.6 is 43.2 Å². The zero-order chi connectivity index (χ0) is 30.7. The van der Waals surface area contributed by atoms with Gasteiger partial charge in [0, 0.05) is 17.3 Å². The molecule has 4 aromatic rings. The van der Waals surface area contributed by atoms with Gasteiger partial charge >= 0.3 is 0 Å². The van der Waals surface area contributed by atoms with Crippen molar-refractivity contribution in [3.05, 3.63) is 124 Å². The minimum absolute atomic E-state index is 0.289. The number of ether oxygens (including phenoxy) is 3. The van der Waals surface area contributed by atoms with Gasteiger partial charge in [-0.05, 0) is 86.8 Å². The number of hydrogen-bond acceptors (Lipinski definition) is 7. The summed E-state index contributed by atoms with van der Waals surface area (Å²) in [6.45, 7) is 5.82. The predicted octanol–water partition coefficient (Wildman–Crippen LogP) is 5.98. The molecular formula is C32H27Br2N3O5S. The highest BCUT2D eigenvalue weighted by atomic mass is 79.9. The third-order valence-electron chi connectivity index (χ3n) is 6.70. The van der Waals surface area contributed by atoms with E-state index in [0.717, 1.165) is 14.5 Å². The molecule has 8 nitrogen and oxygen atoms in total. The van der Waals surface area contributed by atoms with Crippen molar-refractivity contribution < 1.29 is 19.0 Å². The summed E-state index contributed by atoms with van der Waals surface area (Å²) in [7, 11) is 3.11. The van der Waals surface area contributed by atoms with Crippen LogP contribution in [-0.2, 0) is 4.79 Å². The first-order chi connectivity index (χ1) is 20.7. The average molecular weight is 725 g/mol. The highest BCUT2D eigenvalue weighted by Crippen LogP contribution is 2.38. The van der Waals surface area contributed by atoms with Gasteiger partial charge in [0.15, 0.2) is 4.80 Å². The van der Waals surface area contributed by atoms with Crippen molar-refractivity contribution in [3.8, 4) is 17.2 Å². The number of anilines is 1. The summed E-state index contributed by atoms with van der Waals surface area (Å²) in [5.74, 6) is 1.32. The van der Waals surface area contributed by atoms with Gasteiger partial charge in [-0.3, -0.25) is 14.2 Å². The first-order valence-electron chi connectivity index (χ1n) is 13.1. The van der Waals surface area contributed by atoms with E-state index in [1.165, 1.54) is 11.3 Å². The summed E-state index contributed by atoms with van der Waals surface area (Å²) in [5.41, 5.74) is 2.56. The maximum absolute atomic E-state index is 14.1. The Kier molecular flexibility index (Phi) is 9.34. The Morgan fingerprint density at radius 3 is 2.47 bits per heavy atom. The largest absolute Gasteiger partial charge is 0.497 e. The lowest BCUT2D eigenvalue weighted by molar-refractivity contribution is -0.113. The van der Waals surface area contributed by atoms with Crippen LogP contribution in [0.4, 0.5) is 5.69 Å². The second-order valence-corrected chi connectivity index (χ2v) is 12.1. The first-order valence-corrected chi connectivity index (χ1v) is 15.5. The first kappa shape index (κ1) is 30.5. The van der Waals surface area contributed by atoms with Crippen LogP contribution in [0.2, 0.25) is 0 Å². The average Bonchev–Trinajstić information content (AvgIpc) is 3.29. The Bertz CT molecular complexity index is 1910. The highest BCUT2D eigenvalue weighted by molar-refractivity contribution is 9.11. The molecule has 5 rings (SSSR count). The molecule has 1 amide bonds. The van der Waals surface area contributed by atoms with Crippen molar-refractivity contribution >= 4 is 60.9 Å². The van der Waals surface area contributed by atoms with Crippen molar-refractivity contribution in [1.29, 1.82) is 0 Å². The fourth-order valence-corrected chi connectivity index (χ4v) is 7.26. The molecule has 0 spiro atoms. The standard InChI is InChI=1S/C32H27Br2N3O5S/c1-5-13-42-29-23(33)14-19(15-24(29)34)16-26-31(39)37-28(22-12-11-21(40-3)17-25(22)41-4)27(18(2)35-32(37)43-26)30(38)36-20-9-7-6-8-10-20/h5-12,14-17,28H,1,13H2,2-4H3,(H,36,38)/b26-16-/t28-/m1/s1. The number of carbonyl (C=O) groups is 1. The van der Waals surface area contributed by atoms with Crippen molar-refractivity contribution in [1.82, 2.24) is 4.57 Å². The van der Waals surface area contributed by atoms with Crippen LogP contribution in [0.3, 0.4) is 0 Å². The van der Waals surface area contributed by atoms with Crippen LogP contribution in [0.15, 0.2) is 103 Å². The van der Waals surface area contributed by atoms with Crippen LogP contribution in [0.5, 0.6) is 17.2 Å². The van der Waals surface area contributed by atoms with Crippen LogP contribution in [0, 0.1) is 0 Å². The fraction of sp³-hybridized carbons (Fsp3) is 0.156. The van der Waals surface area contributed by atoms with Crippen LogP contribution in [-0.4, -0.2) is 31.3 Å². The van der Waals surface area contributed by atoms with E-state index in [-0.39, 0.29) is 11.5 Å². The normalized spacial score (nSPS) is 14.5. The quantitative estimate of drug-likeness (QED) is 0.215. The zero-order valence-corrected chi connectivity index (χ0v) is 27.5. The molecule has 0 fully saturated rings. The molecule has 1 aliphatic heterocycles. The molecule has 0 aliphatic carbocycles. The molecule has 0 unspecified atom stereocenters. The molecule has 3 aromatic carbocycles. The van der Waals surface area contributed by atoms with Gasteiger partial charge in [-0.15, -0.1) is 0 Å². The number of benzene rings is 3. The number of rotatable bonds is 9. The number of para-hydroxylation sites is 1. The number of carbonyl (C=O) groups excluding carboxylic acids is 1. The molecule has 220 valence electrons. The summed E-state index contributed by atoms with van der Waals surface area (Å²) in [6.07, 6.45) is 3.46. The predicted molar refractivity (Wildman–Crippen MR) is 176 cm³/mol. The number of thiazole rings is 1. The monoisotopic (exact) mass is 723 g/mol. The maximum Gasteiger partial charge on any atom is 0.271 e. The molecule has 0 saturated heterocycles. The Labute approximate surface area is 268 Å². The number of allylic oxidation sites excluding steroid dienone is 1. The Balaban J connectivity index is 1.68. The lowest BCUT2D eigenvalue weighted by Gasteiger charge is -2.26. The van der Waals surface area contributed by atoms with Gasteiger partial charge < -0.3 is 19.5 Å². The van der Waals surface area contributed by atoms with E-state index >= 15 is 0 Å².